The lowest BCUT2D eigenvalue weighted by Crippen LogP contribution is -2.35. The van der Waals surface area contributed by atoms with Crippen molar-refractivity contribution in [1.29, 1.82) is 5.41 Å². The van der Waals surface area contributed by atoms with Crippen LogP contribution in [0.5, 0.6) is 0 Å². The van der Waals surface area contributed by atoms with Gasteiger partial charge >= 0.3 is 0 Å². The molecular weight excluding hydrogens is 514 g/mol. The van der Waals surface area contributed by atoms with Crippen molar-refractivity contribution in [3.8, 4) is 22.6 Å². The molecule has 208 valence electrons. The Morgan fingerprint density at radius 2 is 1.78 bits per heavy atom. The predicted octanol–water partition coefficient (Wildman–Crippen LogP) is 4.76. The molecule has 0 bridgehead atoms. The number of pyridine rings is 2. The van der Waals surface area contributed by atoms with Crippen LogP contribution >= 0.6 is 0 Å². The fourth-order valence-electron chi connectivity index (χ4n) is 5.08. The first-order valence-electron chi connectivity index (χ1n) is 13.7. The van der Waals surface area contributed by atoms with E-state index in [1.807, 2.05) is 79.1 Å². The smallest absolute Gasteiger partial charge is 0.224 e. The summed E-state index contributed by atoms with van der Waals surface area (Å²) in [5.74, 6) is 0.659. The highest BCUT2D eigenvalue weighted by molar-refractivity contribution is 5.88. The van der Waals surface area contributed by atoms with Crippen molar-refractivity contribution in [2.75, 3.05) is 5.73 Å². The van der Waals surface area contributed by atoms with Crippen molar-refractivity contribution in [1.82, 2.24) is 24.8 Å². The van der Waals surface area contributed by atoms with Crippen LogP contribution in [-0.4, -0.2) is 37.2 Å². The van der Waals surface area contributed by atoms with Crippen molar-refractivity contribution in [2.45, 2.75) is 45.7 Å². The van der Waals surface area contributed by atoms with Crippen LogP contribution in [0.3, 0.4) is 0 Å². The quantitative estimate of drug-likeness (QED) is 0.187. The largest absolute Gasteiger partial charge is 0.384 e. The van der Waals surface area contributed by atoms with Crippen LogP contribution in [-0.2, 0) is 24.2 Å². The Hall–Kier alpha value is -5.05. The summed E-state index contributed by atoms with van der Waals surface area (Å²) in [5, 5.41) is 11.8. The SMILES string of the molecule is CCn1c(N)c(-c2ncc[nH]2)c(=O)c2ccc(-c3ccc(CC(=O)NC(C)CC(=N)Cc4ccccc4)cc3)nc21. The van der Waals surface area contributed by atoms with Gasteiger partial charge in [-0.1, -0.05) is 54.6 Å². The van der Waals surface area contributed by atoms with E-state index in [4.69, 9.17) is 16.1 Å². The monoisotopic (exact) mass is 547 g/mol. The van der Waals surface area contributed by atoms with Gasteiger partial charge in [0.15, 0.2) is 0 Å². The lowest BCUT2D eigenvalue weighted by Gasteiger charge is -2.16. The van der Waals surface area contributed by atoms with Crippen LogP contribution in [0.2, 0.25) is 0 Å². The number of amides is 1. The molecule has 0 saturated heterocycles. The number of hydrogen-bond acceptors (Lipinski definition) is 6. The van der Waals surface area contributed by atoms with Crippen LogP contribution in [0, 0.1) is 5.41 Å². The lowest BCUT2D eigenvalue weighted by molar-refractivity contribution is -0.121. The van der Waals surface area contributed by atoms with Gasteiger partial charge in [0.05, 0.1) is 17.5 Å². The van der Waals surface area contributed by atoms with E-state index in [2.05, 4.69) is 15.3 Å². The molecular formula is C32H33N7O2. The van der Waals surface area contributed by atoms with E-state index >= 15 is 0 Å². The maximum atomic E-state index is 13.3. The highest BCUT2D eigenvalue weighted by atomic mass is 16.1. The Morgan fingerprint density at radius 1 is 1.05 bits per heavy atom. The van der Waals surface area contributed by atoms with Crippen molar-refractivity contribution in [2.24, 2.45) is 0 Å². The second kappa shape index (κ2) is 12.0. The minimum absolute atomic E-state index is 0.0867. The molecule has 0 aliphatic heterocycles. The number of benzene rings is 2. The number of H-pyrrole nitrogens is 1. The number of rotatable bonds is 10. The van der Waals surface area contributed by atoms with Crippen molar-refractivity contribution < 1.29 is 4.79 Å². The normalized spacial score (nSPS) is 11.9. The molecule has 3 heterocycles. The summed E-state index contributed by atoms with van der Waals surface area (Å²) in [5.41, 5.74) is 11.2. The molecule has 1 amide bonds. The average molecular weight is 548 g/mol. The van der Waals surface area contributed by atoms with Crippen LogP contribution in [0.15, 0.2) is 83.9 Å². The van der Waals surface area contributed by atoms with Gasteiger partial charge in [-0.3, -0.25) is 9.59 Å². The van der Waals surface area contributed by atoms with Gasteiger partial charge < -0.3 is 26.0 Å². The molecule has 1 unspecified atom stereocenters. The number of hydrogen-bond donors (Lipinski definition) is 4. The third kappa shape index (κ3) is 6.09. The van der Waals surface area contributed by atoms with Gasteiger partial charge in [-0.25, -0.2) is 9.97 Å². The maximum Gasteiger partial charge on any atom is 0.224 e. The number of aromatic nitrogens is 4. The van der Waals surface area contributed by atoms with Gasteiger partial charge in [0.2, 0.25) is 11.3 Å². The zero-order chi connectivity index (χ0) is 28.9. The number of aromatic amines is 1. The molecule has 2 aromatic carbocycles. The zero-order valence-electron chi connectivity index (χ0n) is 23.1. The fourth-order valence-corrected chi connectivity index (χ4v) is 5.08. The number of aryl methyl sites for hydroxylation is 1. The highest BCUT2D eigenvalue weighted by Gasteiger charge is 2.19. The van der Waals surface area contributed by atoms with Crippen LogP contribution in [0.4, 0.5) is 5.82 Å². The second-order valence-corrected chi connectivity index (χ2v) is 10.2. The molecule has 5 aromatic rings. The number of carbonyl (C=O) groups excluding carboxylic acids is 1. The summed E-state index contributed by atoms with van der Waals surface area (Å²) in [6.07, 6.45) is 4.57. The van der Waals surface area contributed by atoms with Gasteiger partial charge in [-0.15, -0.1) is 0 Å². The number of fused-ring (bicyclic) bond motifs is 1. The van der Waals surface area contributed by atoms with Crippen LogP contribution < -0.4 is 16.5 Å². The molecule has 0 aliphatic carbocycles. The zero-order valence-corrected chi connectivity index (χ0v) is 23.1. The minimum atomic E-state index is -0.220. The Kier molecular flexibility index (Phi) is 8.05. The molecule has 0 radical (unpaired) electrons. The third-order valence-corrected chi connectivity index (χ3v) is 7.04. The summed E-state index contributed by atoms with van der Waals surface area (Å²) in [7, 11) is 0. The fraction of sp³-hybridized carbons (Fsp3) is 0.219. The van der Waals surface area contributed by atoms with Crippen LogP contribution in [0.1, 0.15) is 31.4 Å². The van der Waals surface area contributed by atoms with E-state index in [1.54, 1.807) is 18.5 Å². The first-order chi connectivity index (χ1) is 19.8. The summed E-state index contributed by atoms with van der Waals surface area (Å²) in [6.45, 7) is 4.41. The lowest BCUT2D eigenvalue weighted by atomic mass is 10.0. The number of imidazole rings is 1. The molecule has 5 rings (SSSR count). The van der Waals surface area contributed by atoms with E-state index in [-0.39, 0.29) is 23.8 Å². The van der Waals surface area contributed by atoms with E-state index in [1.165, 1.54) is 0 Å². The topological polar surface area (TPSA) is 143 Å². The minimum Gasteiger partial charge on any atom is -0.384 e. The van der Waals surface area contributed by atoms with Crippen LogP contribution in [0.25, 0.3) is 33.7 Å². The Labute approximate surface area is 238 Å². The molecule has 1 atom stereocenters. The van der Waals surface area contributed by atoms with E-state index < -0.39 is 0 Å². The number of anilines is 1. The first kappa shape index (κ1) is 27.5. The van der Waals surface area contributed by atoms with Crippen molar-refractivity contribution in [3.63, 3.8) is 0 Å². The Bertz CT molecular complexity index is 1740. The van der Waals surface area contributed by atoms with Crippen molar-refractivity contribution in [3.05, 3.63) is 100 Å². The van der Waals surface area contributed by atoms with Gasteiger partial charge in [-0.2, -0.15) is 0 Å². The number of nitrogens with two attached hydrogens (primary N) is 1. The summed E-state index contributed by atoms with van der Waals surface area (Å²) >= 11 is 0. The molecule has 0 saturated carbocycles. The van der Waals surface area contributed by atoms with Gasteiger partial charge in [-0.05, 0) is 37.1 Å². The summed E-state index contributed by atoms with van der Waals surface area (Å²) in [4.78, 5) is 37.9. The average Bonchev–Trinajstić information content (AvgIpc) is 3.48. The van der Waals surface area contributed by atoms with Gasteiger partial charge in [0.25, 0.3) is 0 Å². The second-order valence-electron chi connectivity index (χ2n) is 10.2. The van der Waals surface area contributed by atoms with Crippen molar-refractivity contribution >= 4 is 28.5 Å². The molecule has 5 N–H and O–H groups in total. The molecule has 9 heteroatoms. The van der Waals surface area contributed by atoms with Gasteiger partial charge in [0, 0.05) is 49.1 Å². The number of nitrogens with zero attached hydrogens (tertiary/aromatic N) is 3. The molecule has 0 spiro atoms. The maximum absolute atomic E-state index is 13.3. The molecule has 0 fully saturated rings. The summed E-state index contributed by atoms with van der Waals surface area (Å²) < 4.78 is 1.82. The third-order valence-electron chi connectivity index (χ3n) is 7.04. The predicted molar refractivity (Wildman–Crippen MR) is 163 cm³/mol. The van der Waals surface area contributed by atoms with E-state index in [0.29, 0.717) is 59.0 Å². The van der Waals surface area contributed by atoms with Gasteiger partial charge in [0.1, 0.15) is 22.9 Å². The number of nitrogens with one attached hydrogen (secondary N) is 3. The molecule has 3 aromatic heterocycles. The molecule has 0 aliphatic rings. The standard InChI is InChI=1S/C32H33N7O2/c1-3-39-30(34)28(31-35-15-16-36-31)29(41)25-13-14-26(38-32(25)39)23-11-9-22(10-12-23)19-27(40)37-20(2)17-24(33)18-21-7-5-4-6-8-21/h4-16,20,33H,3,17-19,34H2,1-2H3,(H,35,36)(H,37,40). The Morgan fingerprint density at radius 3 is 2.46 bits per heavy atom. The Balaban J connectivity index is 1.27. The molecule has 9 nitrogen and oxygen atoms in total. The highest BCUT2D eigenvalue weighted by Crippen LogP contribution is 2.26. The molecule has 41 heavy (non-hydrogen) atoms. The number of nitrogen functional groups attached to an aromatic ring is 1. The van der Waals surface area contributed by atoms with E-state index in [9.17, 15) is 9.59 Å². The van der Waals surface area contributed by atoms with E-state index in [0.717, 1.165) is 16.7 Å². The first-order valence-corrected chi connectivity index (χ1v) is 13.7. The summed E-state index contributed by atoms with van der Waals surface area (Å²) in [6, 6.07) is 21.0. The number of carbonyl (C=O) groups is 1.